The quantitative estimate of drug-likeness (QED) is 0.624. The summed E-state index contributed by atoms with van der Waals surface area (Å²) in [4.78, 5) is 3.27. The van der Waals surface area contributed by atoms with Gasteiger partial charge in [0, 0.05) is 36.6 Å². The molecular weight excluding hydrogens is 369 g/mol. The number of aryl methyl sites for hydroxylation is 1. The molecule has 0 spiro atoms. The lowest BCUT2D eigenvalue weighted by Crippen LogP contribution is -2.33. The van der Waals surface area contributed by atoms with Gasteiger partial charge in [-0.3, -0.25) is 0 Å². The lowest BCUT2D eigenvalue weighted by molar-refractivity contribution is 0.0818. The minimum absolute atomic E-state index is 0.292. The molecule has 0 saturated carbocycles. The van der Waals surface area contributed by atoms with Crippen molar-refractivity contribution in [3.8, 4) is 11.3 Å². The van der Waals surface area contributed by atoms with E-state index in [0.29, 0.717) is 17.5 Å². The smallest absolute Gasteiger partial charge is 0.142 e. The predicted molar refractivity (Wildman–Crippen MR) is 112 cm³/mol. The van der Waals surface area contributed by atoms with Crippen LogP contribution in [0, 0.1) is 12.7 Å². The summed E-state index contributed by atoms with van der Waals surface area (Å²) in [6, 6.07) is 8.57. The summed E-state index contributed by atoms with van der Waals surface area (Å²) in [6.45, 7) is 11.8. The molecule has 0 unspecified atom stereocenters. The molecule has 1 aromatic carbocycles. The maximum atomic E-state index is 13.3. The molecule has 2 aromatic heterocycles. The molecule has 5 nitrogen and oxygen atoms in total. The molecule has 0 bridgehead atoms. The third-order valence-corrected chi connectivity index (χ3v) is 5.24. The zero-order chi connectivity index (χ0) is 20.4. The molecule has 4 rings (SSSR count). The second kappa shape index (κ2) is 8.09. The Kier molecular flexibility index (Phi) is 5.36. The average Bonchev–Trinajstić information content (AvgIpc) is 3.36. The SMILES string of the molecule is C=C(NC1CCOCC1)c1cc(C(=C)c2c(-c3ccc(F)cc3)noc2C)c[nH]1. The largest absolute Gasteiger partial charge is 0.381 e. The second-order valence-electron chi connectivity index (χ2n) is 7.26. The number of hydrogen-bond acceptors (Lipinski definition) is 4. The summed E-state index contributed by atoms with van der Waals surface area (Å²) in [5.74, 6) is 0.372. The zero-order valence-corrected chi connectivity index (χ0v) is 16.4. The van der Waals surface area contributed by atoms with Gasteiger partial charge in [-0.1, -0.05) is 18.3 Å². The minimum Gasteiger partial charge on any atom is -0.381 e. The van der Waals surface area contributed by atoms with Gasteiger partial charge in [0.1, 0.15) is 17.3 Å². The van der Waals surface area contributed by atoms with Crippen LogP contribution in [0.5, 0.6) is 0 Å². The van der Waals surface area contributed by atoms with E-state index in [9.17, 15) is 4.39 Å². The van der Waals surface area contributed by atoms with Gasteiger partial charge in [-0.05, 0) is 55.7 Å². The van der Waals surface area contributed by atoms with Gasteiger partial charge in [0.2, 0.25) is 0 Å². The molecule has 150 valence electrons. The number of nitrogens with one attached hydrogen (secondary N) is 2. The number of halogens is 1. The molecule has 0 radical (unpaired) electrons. The third kappa shape index (κ3) is 4.03. The van der Waals surface area contributed by atoms with Gasteiger partial charge in [-0.15, -0.1) is 0 Å². The van der Waals surface area contributed by atoms with Crippen molar-refractivity contribution >= 4 is 11.3 Å². The molecular formula is C23H24FN3O2. The molecule has 1 saturated heterocycles. The van der Waals surface area contributed by atoms with Crippen molar-refractivity contribution in [2.75, 3.05) is 13.2 Å². The van der Waals surface area contributed by atoms with Crippen LogP contribution in [0.3, 0.4) is 0 Å². The summed E-state index contributed by atoms with van der Waals surface area (Å²) >= 11 is 0. The number of ether oxygens (including phenoxy) is 1. The van der Waals surface area contributed by atoms with Crippen molar-refractivity contribution in [1.82, 2.24) is 15.5 Å². The van der Waals surface area contributed by atoms with E-state index in [1.807, 2.05) is 19.2 Å². The molecule has 0 atom stereocenters. The van der Waals surface area contributed by atoms with Crippen LogP contribution in [0.2, 0.25) is 0 Å². The van der Waals surface area contributed by atoms with Crippen LogP contribution in [0.4, 0.5) is 4.39 Å². The van der Waals surface area contributed by atoms with Crippen molar-refractivity contribution < 1.29 is 13.7 Å². The highest BCUT2D eigenvalue weighted by atomic mass is 19.1. The first kappa shape index (κ1) is 19.2. The summed E-state index contributed by atoms with van der Waals surface area (Å²) in [6.07, 6.45) is 3.84. The van der Waals surface area contributed by atoms with Gasteiger partial charge >= 0.3 is 0 Å². The standard InChI is InChI=1S/C23H24FN3O2/c1-14(22-16(3)29-27-23(22)17-4-6-19(24)7-5-17)18-12-21(25-13-18)15(2)26-20-8-10-28-11-9-20/h4-7,12-13,20,25-26H,1-2,8-11H2,3H3. The van der Waals surface area contributed by atoms with Crippen LogP contribution in [-0.2, 0) is 4.74 Å². The van der Waals surface area contributed by atoms with Crippen LogP contribution in [0.25, 0.3) is 22.5 Å². The van der Waals surface area contributed by atoms with E-state index in [4.69, 9.17) is 9.26 Å². The molecule has 1 fully saturated rings. The number of aromatic nitrogens is 2. The third-order valence-electron chi connectivity index (χ3n) is 5.24. The molecule has 1 aliphatic rings. The average molecular weight is 393 g/mol. The Bertz CT molecular complexity index is 1030. The van der Waals surface area contributed by atoms with Gasteiger partial charge in [-0.25, -0.2) is 4.39 Å². The van der Waals surface area contributed by atoms with Crippen LogP contribution < -0.4 is 5.32 Å². The Morgan fingerprint density at radius 3 is 2.66 bits per heavy atom. The molecule has 0 aliphatic carbocycles. The van der Waals surface area contributed by atoms with E-state index in [0.717, 1.165) is 59.7 Å². The highest BCUT2D eigenvalue weighted by Gasteiger charge is 2.20. The van der Waals surface area contributed by atoms with Gasteiger partial charge < -0.3 is 19.6 Å². The number of aromatic amines is 1. The fourth-order valence-electron chi connectivity index (χ4n) is 3.59. The zero-order valence-electron chi connectivity index (χ0n) is 16.4. The lowest BCUT2D eigenvalue weighted by Gasteiger charge is -2.24. The van der Waals surface area contributed by atoms with Crippen molar-refractivity contribution in [3.63, 3.8) is 0 Å². The van der Waals surface area contributed by atoms with E-state index >= 15 is 0 Å². The van der Waals surface area contributed by atoms with E-state index in [1.54, 1.807) is 12.1 Å². The van der Waals surface area contributed by atoms with E-state index in [2.05, 4.69) is 28.6 Å². The Labute approximate surface area is 169 Å². The topological polar surface area (TPSA) is 63.1 Å². The summed E-state index contributed by atoms with van der Waals surface area (Å²) in [7, 11) is 0. The van der Waals surface area contributed by atoms with E-state index in [-0.39, 0.29) is 5.82 Å². The van der Waals surface area contributed by atoms with E-state index < -0.39 is 0 Å². The summed E-state index contributed by atoms with van der Waals surface area (Å²) in [5, 5.41) is 7.65. The number of benzene rings is 1. The van der Waals surface area contributed by atoms with Gasteiger partial charge in [0.25, 0.3) is 0 Å². The van der Waals surface area contributed by atoms with Gasteiger partial charge in [-0.2, -0.15) is 0 Å². The van der Waals surface area contributed by atoms with Crippen LogP contribution in [0.15, 0.2) is 54.2 Å². The Morgan fingerprint density at radius 2 is 1.93 bits per heavy atom. The Balaban J connectivity index is 1.56. The maximum Gasteiger partial charge on any atom is 0.142 e. The van der Waals surface area contributed by atoms with Crippen LogP contribution >= 0.6 is 0 Å². The van der Waals surface area contributed by atoms with E-state index in [1.165, 1.54) is 12.1 Å². The van der Waals surface area contributed by atoms with Crippen molar-refractivity contribution in [1.29, 1.82) is 0 Å². The van der Waals surface area contributed by atoms with Crippen LogP contribution in [-0.4, -0.2) is 29.4 Å². The molecule has 3 heterocycles. The number of H-pyrrole nitrogens is 1. The van der Waals surface area contributed by atoms with Gasteiger partial charge in [0.05, 0.1) is 17.0 Å². The molecule has 2 N–H and O–H groups in total. The fourth-order valence-corrected chi connectivity index (χ4v) is 3.59. The molecule has 6 heteroatoms. The number of rotatable bonds is 6. The Hall–Kier alpha value is -3.12. The van der Waals surface area contributed by atoms with Gasteiger partial charge in [0.15, 0.2) is 0 Å². The van der Waals surface area contributed by atoms with Crippen LogP contribution in [0.1, 0.15) is 35.4 Å². The first-order valence-corrected chi connectivity index (χ1v) is 9.66. The first-order chi connectivity index (χ1) is 14.0. The highest BCUT2D eigenvalue weighted by molar-refractivity contribution is 5.87. The van der Waals surface area contributed by atoms with Crippen molar-refractivity contribution in [3.05, 3.63) is 78.1 Å². The lowest BCUT2D eigenvalue weighted by atomic mass is 9.96. The summed E-state index contributed by atoms with van der Waals surface area (Å²) in [5.41, 5.74) is 5.69. The predicted octanol–water partition coefficient (Wildman–Crippen LogP) is 4.92. The molecule has 1 aliphatic heterocycles. The summed E-state index contributed by atoms with van der Waals surface area (Å²) < 4.78 is 24.1. The molecule has 0 amide bonds. The first-order valence-electron chi connectivity index (χ1n) is 9.66. The number of hydrogen-bond donors (Lipinski definition) is 2. The normalized spacial score (nSPS) is 14.7. The fraction of sp³-hybridized carbons (Fsp3) is 0.261. The molecule has 3 aromatic rings. The number of nitrogens with zero attached hydrogens (tertiary/aromatic N) is 1. The monoisotopic (exact) mass is 393 g/mol. The second-order valence-corrected chi connectivity index (χ2v) is 7.26. The maximum absolute atomic E-state index is 13.3. The van der Waals surface area contributed by atoms with Crippen molar-refractivity contribution in [2.24, 2.45) is 0 Å². The van der Waals surface area contributed by atoms with Crippen molar-refractivity contribution in [2.45, 2.75) is 25.8 Å². The highest BCUT2D eigenvalue weighted by Crippen LogP contribution is 2.34. The molecule has 29 heavy (non-hydrogen) atoms. The Morgan fingerprint density at radius 1 is 1.21 bits per heavy atom. The minimum atomic E-state index is -0.292.